The van der Waals surface area contributed by atoms with E-state index >= 15 is 0 Å². The first-order chi connectivity index (χ1) is 15.0. The SMILES string of the molecule is Cn1ccnc1SCC1CCN(C(=O)Oc2ccc(C(S)c3nccn3C)cc2)CC1. The van der Waals surface area contributed by atoms with Crippen LogP contribution in [0.3, 0.4) is 0 Å². The summed E-state index contributed by atoms with van der Waals surface area (Å²) in [5, 5.41) is 0.907. The molecule has 3 aromatic rings. The van der Waals surface area contributed by atoms with Crippen LogP contribution in [-0.4, -0.2) is 48.9 Å². The van der Waals surface area contributed by atoms with Crippen molar-refractivity contribution in [2.45, 2.75) is 23.2 Å². The summed E-state index contributed by atoms with van der Waals surface area (Å²) in [5.74, 6) is 3.03. The van der Waals surface area contributed by atoms with Crippen LogP contribution in [0.15, 0.2) is 54.2 Å². The molecule has 1 atom stereocenters. The Morgan fingerprint density at radius 1 is 1.13 bits per heavy atom. The number of carbonyl (C=O) groups is 1. The molecule has 31 heavy (non-hydrogen) atoms. The Kier molecular flexibility index (Phi) is 6.92. The topological polar surface area (TPSA) is 65.2 Å². The van der Waals surface area contributed by atoms with E-state index in [0.717, 1.165) is 48.2 Å². The van der Waals surface area contributed by atoms with Gasteiger partial charge in [0.15, 0.2) is 5.16 Å². The van der Waals surface area contributed by atoms with Gasteiger partial charge in [0, 0.05) is 57.7 Å². The highest BCUT2D eigenvalue weighted by Gasteiger charge is 2.24. The van der Waals surface area contributed by atoms with E-state index in [9.17, 15) is 4.79 Å². The Morgan fingerprint density at radius 2 is 1.81 bits per heavy atom. The number of carbonyl (C=O) groups excluding carboxylic acids is 1. The smallest absolute Gasteiger partial charge is 0.410 e. The Morgan fingerprint density at radius 3 is 2.42 bits per heavy atom. The van der Waals surface area contributed by atoms with Crippen LogP contribution in [0.2, 0.25) is 0 Å². The molecule has 1 aliphatic rings. The van der Waals surface area contributed by atoms with Crippen molar-refractivity contribution in [2.75, 3.05) is 18.8 Å². The van der Waals surface area contributed by atoms with E-state index in [-0.39, 0.29) is 11.3 Å². The van der Waals surface area contributed by atoms with Crippen molar-refractivity contribution in [3.05, 3.63) is 60.4 Å². The summed E-state index contributed by atoms with van der Waals surface area (Å²) in [6, 6.07) is 7.48. The van der Waals surface area contributed by atoms with Crippen LogP contribution in [0.5, 0.6) is 5.75 Å². The van der Waals surface area contributed by atoms with Gasteiger partial charge in [0.25, 0.3) is 0 Å². The highest BCUT2D eigenvalue weighted by molar-refractivity contribution is 7.99. The van der Waals surface area contributed by atoms with Crippen molar-refractivity contribution >= 4 is 30.5 Å². The maximum atomic E-state index is 12.6. The molecule has 0 radical (unpaired) electrons. The van der Waals surface area contributed by atoms with E-state index in [1.54, 1.807) is 22.9 Å². The maximum Gasteiger partial charge on any atom is 0.415 e. The number of hydrogen-bond acceptors (Lipinski definition) is 6. The number of aromatic nitrogens is 4. The lowest BCUT2D eigenvalue weighted by Crippen LogP contribution is -2.40. The highest BCUT2D eigenvalue weighted by Crippen LogP contribution is 2.29. The molecular weight excluding hydrogens is 430 g/mol. The lowest BCUT2D eigenvalue weighted by atomic mass is 9.99. The lowest BCUT2D eigenvalue weighted by Gasteiger charge is -2.31. The molecule has 1 amide bonds. The molecular formula is C22H27N5O2S2. The van der Waals surface area contributed by atoms with Crippen molar-refractivity contribution in [3.8, 4) is 5.75 Å². The minimum Gasteiger partial charge on any atom is -0.410 e. The van der Waals surface area contributed by atoms with Gasteiger partial charge in [-0.1, -0.05) is 23.9 Å². The van der Waals surface area contributed by atoms with Crippen molar-refractivity contribution in [3.63, 3.8) is 0 Å². The van der Waals surface area contributed by atoms with Gasteiger partial charge in [-0.25, -0.2) is 14.8 Å². The van der Waals surface area contributed by atoms with Crippen LogP contribution >= 0.6 is 24.4 Å². The number of hydrogen-bond donors (Lipinski definition) is 1. The summed E-state index contributed by atoms with van der Waals surface area (Å²) in [5.41, 5.74) is 1.00. The Hall–Kier alpha value is -2.39. The van der Waals surface area contributed by atoms with Crippen LogP contribution in [0.25, 0.3) is 0 Å². The monoisotopic (exact) mass is 457 g/mol. The molecule has 1 fully saturated rings. The molecule has 0 bridgehead atoms. The third kappa shape index (κ3) is 5.27. The van der Waals surface area contributed by atoms with Gasteiger partial charge in [-0.05, 0) is 36.5 Å². The van der Waals surface area contributed by atoms with Gasteiger partial charge in [-0.15, -0.1) is 0 Å². The molecule has 3 heterocycles. The van der Waals surface area contributed by atoms with Crippen molar-refractivity contribution in [1.82, 2.24) is 24.0 Å². The van der Waals surface area contributed by atoms with Crippen LogP contribution in [0.4, 0.5) is 4.79 Å². The van der Waals surface area contributed by atoms with Gasteiger partial charge in [0.1, 0.15) is 11.6 Å². The zero-order valence-corrected chi connectivity index (χ0v) is 19.4. The van der Waals surface area contributed by atoms with Gasteiger partial charge in [0.05, 0.1) is 5.25 Å². The second-order valence-electron chi connectivity index (χ2n) is 7.80. The van der Waals surface area contributed by atoms with Crippen molar-refractivity contribution in [1.29, 1.82) is 0 Å². The van der Waals surface area contributed by atoms with Crippen LogP contribution in [0.1, 0.15) is 29.5 Å². The van der Waals surface area contributed by atoms with Gasteiger partial charge < -0.3 is 18.8 Å². The van der Waals surface area contributed by atoms with E-state index in [0.29, 0.717) is 11.7 Å². The second kappa shape index (κ2) is 9.82. The first kappa shape index (κ1) is 21.8. The van der Waals surface area contributed by atoms with Gasteiger partial charge in [0.2, 0.25) is 0 Å². The van der Waals surface area contributed by atoms with E-state index in [1.165, 1.54) is 0 Å². The predicted octanol–water partition coefficient (Wildman–Crippen LogP) is 4.18. The lowest BCUT2D eigenvalue weighted by molar-refractivity contribution is 0.134. The number of aryl methyl sites for hydroxylation is 2. The second-order valence-corrected chi connectivity index (χ2v) is 9.30. The summed E-state index contributed by atoms with van der Waals surface area (Å²) in [4.78, 5) is 23.1. The molecule has 0 aliphatic carbocycles. The average Bonchev–Trinajstić information content (AvgIpc) is 3.40. The number of imidazole rings is 2. The molecule has 1 aromatic carbocycles. The molecule has 0 spiro atoms. The van der Waals surface area contributed by atoms with E-state index < -0.39 is 0 Å². The molecule has 0 saturated carbocycles. The molecule has 1 saturated heterocycles. The standard InChI is InChI=1S/C22H27N5O2S2/c1-25-13-9-23-20(25)19(30)17-3-5-18(6-4-17)29-22(28)27-11-7-16(8-12-27)15-31-21-24-10-14-26(21)2/h3-6,9-10,13-14,16,19,30H,7-8,11-12,15H2,1-2H3. The number of thioether (sulfide) groups is 1. The number of amides is 1. The zero-order valence-electron chi connectivity index (χ0n) is 17.7. The third-order valence-corrected chi connectivity index (χ3v) is 7.42. The largest absolute Gasteiger partial charge is 0.415 e. The zero-order chi connectivity index (χ0) is 21.8. The van der Waals surface area contributed by atoms with Gasteiger partial charge in [-0.3, -0.25) is 0 Å². The van der Waals surface area contributed by atoms with Crippen LogP contribution in [0, 0.1) is 5.92 Å². The minimum absolute atomic E-state index is 0.132. The maximum absolute atomic E-state index is 12.6. The molecule has 164 valence electrons. The molecule has 0 N–H and O–H groups in total. The molecule has 4 rings (SSSR count). The number of likely N-dealkylation sites (tertiary alicyclic amines) is 1. The first-order valence-electron chi connectivity index (χ1n) is 10.3. The molecule has 1 aliphatic heterocycles. The average molecular weight is 458 g/mol. The number of nitrogens with zero attached hydrogens (tertiary/aromatic N) is 5. The predicted molar refractivity (Wildman–Crippen MR) is 125 cm³/mol. The summed E-state index contributed by atoms with van der Waals surface area (Å²) in [6.45, 7) is 1.45. The Bertz CT molecular complexity index is 1010. The van der Waals surface area contributed by atoms with Gasteiger partial charge >= 0.3 is 6.09 Å². The summed E-state index contributed by atoms with van der Waals surface area (Å²) >= 11 is 6.46. The fraction of sp³-hybridized carbons (Fsp3) is 0.409. The Labute approximate surface area is 192 Å². The van der Waals surface area contributed by atoms with E-state index in [1.807, 2.05) is 66.1 Å². The van der Waals surface area contributed by atoms with Crippen molar-refractivity contribution < 1.29 is 9.53 Å². The summed E-state index contributed by atoms with van der Waals surface area (Å²) < 4.78 is 9.58. The van der Waals surface area contributed by atoms with Crippen LogP contribution in [-0.2, 0) is 14.1 Å². The van der Waals surface area contributed by atoms with Gasteiger partial charge in [-0.2, -0.15) is 12.6 Å². The first-order valence-corrected chi connectivity index (χ1v) is 11.8. The fourth-order valence-electron chi connectivity index (χ4n) is 3.64. The van der Waals surface area contributed by atoms with Crippen LogP contribution < -0.4 is 4.74 Å². The number of thiol groups is 1. The van der Waals surface area contributed by atoms with Crippen molar-refractivity contribution in [2.24, 2.45) is 20.0 Å². The number of piperidine rings is 1. The van der Waals surface area contributed by atoms with E-state index in [4.69, 9.17) is 4.74 Å². The highest BCUT2D eigenvalue weighted by atomic mass is 32.2. The summed E-state index contributed by atoms with van der Waals surface area (Å²) in [6.07, 6.45) is 9.12. The fourth-order valence-corrected chi connectivity index (χ4v) is 5.18. The molecule has 9 heteroatoms. The molecule has 2 aromatic heterocycles. The normalized spacial score (nSPS) is 15.8. The quantitative estimate of drug-likeness (QED) is 0.444. The molecule has 1 unspecified atom stereocenters. The minimum atomic E-state index is -0.283. The third-order valence-electron chi connectivity index (χ3n) is 5.60. The number of rotatable bonds is 6. The number of benzene rings is 1. The Balaban J connectivity index is 1.25. The number of ether oxygens (including phenoxy) is 1. The summed E-state index contributed by atoms with van der Waals surface area (Å²) in [7, 11) is 3.96. The molecule has 7 nitrogen and oxygen atoms in total. The van der Waals surface area contributed by atoms with E-state index in [2.05, 4.69) is 22.6 Å².